The van der Waals surface area contributed by atoms with Crippen LogP contribution in [0.5, 0.6) is 0 Å². The van der Waals surface area contributed by atoms with Crippen LogP contribution in [0.4, 0.5) is 0 Å². The van der Waals surface area contributed by atoms with E-state index in [0.29, 0.717) is 12.0 Å². The highest BCUT2D eigenvalue weighted by molar-refractivity contribution is 5.25. The van der Waals surface area contributed by atoms with Gasteiger partial charge in [0.15, 0.2) is 12.7 Å². The van der Waals surface area contributed by atoms with Crippen LogP contribution in [0, 0.1) is 0 Å². The molecule has 0 amide bonds. The van der Waals surface area contributed by atoms with E-state index < -0.39 is 0 Å². The van der Waals surface area contributed by atoms with Crippen LogP contribution in [0.25, 0.3) is 0 Å². The topological polar surface area (TPSA) is 12.8 Å². The minimum absolute atomic E-state index is 0.424. The first kappa shape index (κ1) is 8.52. The monoisotopic (exact) mass is 175 g/mol. The zero-order valence-electron chi connectivity index (χ0n) is 7.85. The summed E-state index contributed by atoms with van der Waals surface area (Å²) in [5.74, 6) is 0.481. The van der Waals surface area contributed by atoms with Crippen LogP contribution in [0.15, 0.2) is 42.5 Å². The molecular weight excluding hydrogens is 160 g/mol. The molecule has 2 atom stereocenters. The van der Waals surface area contributed by atoms with Gasteiger partial charge < -0.3 is 4.74 Å². The molecule has 13 heavy (non-hydrogen) atoms. The molecule has 1 N–H and O–H groups in total. The number of rotatable bonds is 1. The average Bonchev–Trinajstić information content (AvgIpc) is 2.20. The fraction of sp³-hybridized carbons (Fsp3) is 0.333. The number of hydrogen-bond donors (Lipinski definition) is 0. The van der Waals surface area contributed by atoms with Gasteiger partial charge in [0.2, 0.25) is 0 Å². The van der Waals surface area contributed by atoms with Crippen LogP contribution in [0.3, 0.4) is 0 Å². The maximum absolute atomic E-state index is 4.50. The van der Waals surface area contributed by atoms with E-state index in [1.54, 1.807) is 0 Å². The highest BCUT2D eigenvalue weighted by Crippen LogP contribution is 2.24. The van der Waals surface area contributed by atoms with Gasteiger partial charge in [-0.1, -0.05) is 36.4 Å². The van der Waals surface area contributed by atoms with Gasteiger partial charge in [-0.2, -0.15) is 0 Å². The van der Waals surface area contributed by atoms with Crippen LogP contribution in [-0.2, 0) is 0 Å². The van der Waals surface area contributed by atoms with E-state index in [1.165, 1.54) is 5.56 Å². The molecule has 68 valence electrons. The highest BCUT2D eigenvalue weighted by atomic mass is 16.5. The van der Waals surface area contributed by atoms with Gasteiger partial charge in [-0.25, -0.2) is 0 Å². The van der Waals surface area contributed by atoms with Crippen molar-refractivity contribution in [3.63, 3.8) is 0 Å². The molecule has 1 heterocycles. The van der Waals surface area contributed by atoms with Crippen molar-refractivity contribution in [2.45, 2.75) is 18.9 Å². The second kappa shape index (κ2) is 3.75. The Morgan fingerprint density at radius 3 is 2.69 bits per heavy atom. The maximum Gasteiger partial charge on any atom is 0.164 e. The minimum atomic E-state index is 0.424. The maximum atomic E-state index is 4.50. The summed E-state index contributed by atoms with van der Waals surface area (Å²) in [7, 11) is 0. The second-order valence-corrected chi connectivity index (χ2v) is 3.47. The summed E-state index contributed by atoms with van der Waals surface area (Å²) in [5, 5.41) is 0. The normalized spacial score (nSPS) is 27.5. The predicted molar refractivity (Wildman–Crippen MR) is 54.9 cm³/mol. The molecule has 0 fully saturated rings. The van der Waals surface area contributed by atoms with Crippen LogP contribution in [-0.4, -0.2) is 17.4 Å². The first-order valence-corrected chi connectivity index (χ1v) is 4.76. The van der Waals surface area contributed by atoms with Crippen molar-refractivity contribution < 1.29 is 4.74 Å². The molecule has 0 saturated heterocycles. The Bertz CT molecular complexity index is 289. The number of hydrogen-bond acceptors (Lipinski definition) is 0. The lowest BCUT2D eigenvalue weighted by Crippen LogP contribution is -2.24. The molecule has 0 radical (unpaired) electrons. The van der Waals surface area contributed by atoms with E-state index in [-0.39, 0.29) is 0 Å². The van der Waals surface area contributed by atoms with Crippen molar-refractivity contribution in [2.24, 2.45) is 0 Å². The van der Waals surface area contributed by atoms with Gasteiger partial charge in [0, 0.05) is 6.92 Å². The Labute approximate surface area is 79.0 Å². The van der Waals surface area contributed by atoms with Gasteiger partial charge in [-0.3, -0.25) is 0 Å². The van der Waals surface area contributed by atoms with E-state index in [2.05, 4.69) is 54.1 Å². The quantitative estimate of drug-likeness (QED) is 0.458. The molecule has 1 aliphatic rings. The van der Waals surface area contributed by atoms with Crippen molar-refractivity contribution in [1.29, 1.82) is 0 Å². The van der Waals surface area contributed by atoms with Gasteiger partial charge in [-0.15, -0.1) is 0 Å². The van der Waals surface area contributed by atoms with Crippen LogP contribution in [0.1, 0.15) is 18.4 Å². The lowest BCUT2D eigenvalue weighted by molar-refractivity contribution is -0.0900. The Morgan fingerprint density at radius 2 is 2.00 bits per heavy atom. The standard InChI is InChI=1S/C12H14O/c1-10-12(8-5-9-13-10)11-6-3-2-4-7-11/h2-8,10,12H,9H2,1H3/p+1/t10-,12-/m0/s1. The molecule has 1 aromatic rings. The second-order valence-electron chi connectivity index (χ2n) is 3.47. The van der Waals surface area contributed by atoms with Gasteiger partial charge in [0.05, 0.1) is 5.92 Å². The van der Waals surface area contributed by atoms with Crippen molar-refractivity contribution >= 4 is 0 Å². The summed E-state index contributed by atoms with van der Waals surface area (Å²) in [6.45, 7) is 3.06. The highest BCUT2D eigenvalue weighted by Gasteiger charge is 2.23. The van der Waals surface area contributed by atoms with Crippen LogP contribution < -0.4 is 0 Å². The minimum Gasteiger partial charge on any atom is -0.428 e. The van der Waals surface area contributed by atoms with E-state index in [9.17, 15) is 0 Å². The molecule has 0 saturated carbocycles. The molecular formula is C12H15O+. The fourth-order valence-electron chi connectivity index (χ4n) is 1.77. The molecule has 0 unspecified atom stereocenters. The van der Waals surface area contributed by atoms with Crippen LogP contribution >= 0.6 is 0 Å². The molecule has 0 bridgehead atoms. The van der Waals surface area contributed by atoms with Gasteiger partial charge >= 0.3 is 0 Å². The number of ether oxygens (including phenoxy) is 1. The van der Waals surface area contributed by atoms with Crippen molar-refractivity contribution in [2.75, 3.05) is 6.61 Å². The summed E-state index contributed by atoms with van der Waals surface area (Å²) in [5.41, 5.74) is 1.37. The van der Waals surface area contributed by atoms with E-state index in [4.69, 9.17) is 0 Å². The Balaban J connectivity index is 2.25. The molecule has 1 aromatic carbocycles. The van der Waals surface area contributed by atoms with Crippen LogP contribution in [0.2, 0.25) is 0 Å². The third-order valence-corrected chi connectivity index (χ3v) is 2.55. The number of aliphatic hydroxyl groups is 2. The summed E-state index contributed by atoms with van der Waals surface area (Å²) >= 11 is 0. The molecule has 1 heteroatoms. The van der Waals surface area contributed by atoms with Gasteiger partial charge in [-0.05, 0) is 11.6 Å². The Morgan fingerprint density at radius 1 is 1.23 bits per heavy atom. The van der Waals surface area contributed by atoms with Gasteiger partial charge in [0.25, 0.3) is 0 Å². The zero-order chi connectivity index (χ0) is 9.10. The zero-order valence-corrected chi connectivity index (χ0v) is 7.85. The van der Waals surface area contributed by atoms with Crippen molar-refractivity contribution in [3.05, 3.63) is 48.0 Å². The van der Waals surface area contributed by atoms with E-state index >= 15 is 0 Å². The molecule has 0 spiro atoms. The van der Waals surface area contributed by atoms with E-state index in [0.717, 1.165) is 6.61 Å². The lowest BCUT2D eigenvalue weighted by Gasteiger charge is -2.21. The summed E-state index contributed by atoms with van der Waals surface area (Å²) in [4.78, 5) is 0. The lowest BCUT2D eigenvalue weighted by atomic mass is 9.92. The van der Waals surface area contributed by atoms with E-state index in [1.807, 2.05) is 0 Å². The molecule has 1 nitrogen and oxygen atoms in total. The largest absolute Gasteiger partial charge is 0.428 e. The summed E-state index contributed by atoms with van der Waals surface area (Å²) in [6, 6.07) is 10.6. The van der Waals surface area contributed by atoms with Crippen molar-refractivity contribution in [3.8, 4) is 0 Å². The number of benzene rings is 1. The molecule has 1 aliphatic heterocycles. The summed E-state index contributed by atoms with van der Waals surface area (Å²) in [6.07, 6.45) is 4.84. The summed E-state index contributed by atoms with van der Waals surface area (Å²) < 4.78 is 4.50. The molecule has 0 aromatic heterocycles. The first-order chi connectivity index (χ1) is 6.38. The van der Waals surface area contributed by atoms with Crippen molar-refractivity contribution in [1.82, 2.24) is 0 Å². The fourth-order valence-corrected chi connectivity index (χ4v) is 1.77. The van der Waals surface area contributed by atoms with Gasteiger partial charge in [0.1, 0.15) is 0 Å². The smallest absolute Gasteiger partial charge is 0.164 e. The third-order valence-electron chi connectivity index (χ3n) is 2.55. The third kappa shape index (κ3) is 1.81. The Hall–Kier alpha value is -1.08. The molecule has 2 rings (SSSR count). The SMILES string of the molecule is C[C@@H]1[OH+]CC=C[C@@H]1c1ccccc1. The average molecular weight is 175 g/mol. The first-order valence-electron chi connectivity index (χ1n) is 4.76. The Kier molecular flexibility index (Phi) is 2.46. The molecule has 0 aliphatic carbocycles. The predicted octanol–water partition coefficient (Wildman–Crippen LogP) is 2.26.